The number of fused-ring (bicyclic) bond motifs is 1. The first-order valence-corrected chi connectivity index (χ1v) is 8.28. The van der Waals surface area contributed by atoms with Crippen LogP contribution in [-0.4, -0.2) is 43.2 Å². The summed E-state index contributed by atoms with van der Waals surface area (Å²) in [5, 5.41) is 14.3. The average Bonchev–Trinajstić information content (AvgIpc) is 3.32. The fourth-order valence-electron chi connectivity index (χ4n) is 3.06. The molecule has 0 aliphatic carbocycles. The van der Waals surface area contributed by atoms with Gasteiger partial charge in [-0.25, -0.2) is 9.50 Å². The van der Waals surface area contributed by atoms with Crippen molar-refractivity contribution in [2.24, 2.45) is 0 Å². The molecule has 1 fully saturated rings. The number of carbonyl (C=O) groups excluding carboxylic acids is 1. The fraction of sp³-hybridized carbons (Fsp3) is 0.438. The number of rotatable bonds is 4. The summed E-state index contributed by atoms with van der Waals surface area (Å²) in [5.41, 5.74) is 3.26. The van der Waals surface area contributed by atoms with Crippen molar-refractivity contribution in [1.29, 1.82) is 0 Å². The molecule has 25 heavy (non-hydrogen) atoms. The number of nitrogens with one attached hydrogen (secondary N) is 2. The molecule has 9 heteroatoms. The maximum atomic E-state index is 12.0. The quantitative estimate of drug-likeness (QED) is 0.721. The van der Waals surface area contributed by atoms with Crippen molar-refractivity contribution < 1.29 is 9.32 Å². The molecule has 0 spiro atoms. The third-order valence-corrected chi connectivity index (χ3v) is 4.28. The normalized spacial score (nSPS) is 17.3. The molecule has 0 aromatic carbocycles. The van der Waals surface area contributed by atoms with E-state index in [9.17, 15) is 4.79 Å². The lowest BCUT2D eigenvalue weighted by atomic mass is 10.2. The van der Waals surface area contributed by atoms with Crippen molar-refractivity contribution in [1.82, 2.24) is 35.4 Å². The smallest absolute Gasteiger partial charge is 0.246 e. The molecule has 0 saturated carbocycles. The van der Waals surface area contributed by atoms with Crippen LogP contribution in [0.4, 0.5) is 0 Å². The molecule has 4 rings (SSSR count). The zero-order valence-electron chi connectivity index (χ0n) is 14.1. The zero-order valence-corrected chi connectivity index (χ0v) is 14.1. The van der Waals surface area contributed by atoms with E-state index in [0.29, 0.717) is 22.9 Å². The highest BCUT2D eigenvalue weighted by Crippen LogP contribution is 2.21. The van der Waals surface area contributed by atoms with Gasteiger partial charge in [0, 0.05) is 11.4 Å². The van der Waals surface area contributed by atoms with Crippen molar-refractivity contribution in [3.63, 3.8) is 0 Å². The van der Waals surface area contributed by atoms with E-state index in [1.54, 1.807) is 10.7 Å². The molecule has 2 N–H and O–H groups in total. The van der Waals surface area contributed by atoms with E-state index in [0.717, 1.165) is 30.8 Å². The Morgan fingerprint density at radius 3 is 3.12 bits per heavy atom. The maximum absolute atomic E-state index is 12.0. The van der Waals surface area contributed by atoms with E-state index in [1.165, 1.54) is 0 Å². The molecule has 3 aromatic rings. The number of amides is 1. The van der Waals surface area contributed by atoms with Crippen molar-refractivity contribution in [2.45, 2.75) is 39.3 Å². The predicted octanol–water partition coefficient (Wildman–Crippen LogP) is 0.764. The second kappa shape index (κ2) is 6.25. The van der Waals surface area contributed by atoms with Crippen LogP contribution >= 0.6 is 0 Å². The summed E-state index contributed by atoms with van der Waals surface area (Å²) < 4.78 is 6.99. The number of aromatic nitrogens is 5. The topological polar surface area (TPSA) is 110 Å². The summed E-state index contributed by atoms with van der Waals surface area (Å²) >= 11 is 0. The molecule has 4 heterocycles. The van der Waals surface area contributed by atoms with Gasteiger partial charge in [0.25, 0.3) is 0 Å². The Kier molecular flexibility index (Phi) is 3.92. The summed E-state index contributed by atoms with van der Waals surface area (Å²) in [7, 11) is 0. The fourth-order valence-corrected chi connectivity index (χ4v) is 3.06. The lowest BCUT2D eigenvalue weighted by molar-refractivity contribution is -0.123. The standard InChI is InChI=1S/C16H19N7O2/c1-9-6-10(2)23-15(20-9)11(7-19-23)14-21-13(25-22-14)8-18-16(24)12-4-3-5-17-12/h6-7,12,17H,3-5,8H2,1-2H3,(H,18,24). The molecule has 9 nitrogen and oxygen atoms in total. The SMILES string of the molecule is Cc1cc(C)n2ncc(-c3noc(CNC(=O)C4CCCN4)n3)c2n1. The molecule has 1 aliphatic heterocycles. The molecule has 0 radical (unpaired) electrons. The van der Waals surface area contributed by atoms with E-state index < -0.39 is 0 Å². The van der Waals surface area contributed by atoms with E-state index in [1.807, 2.05) is 19.9 Å². The number of hydrogen-bond acceptors (Lipinski definition) is 7. The van der Waals surface area contributed by atoms with E-state index in [-0.39, 0.29) is 18.5 Å². The minimum atomic E-state index is -0.128. The van der Waals surface area contributed by atoms with Crippen LogP contribution in [0.5, 0.6) is 0 Å². The van der Waals surface area contributed by atoms with Gasteiger partial charge in [0.1, 0.15) is 0 Å². The number of hydrogen-bond donors (Lipinski definition) is 2. The van der Waals surface area contributed by atoms with Gasteiger partial charge in [-0.3, -0.25) is 4.79 Å². The third kappa shape index (κ3) is 2.98. The molecular weight excluding hydrogens is 322 g/mol. The van der Waals surface area contributed by atoms with Crippen LogP contribution < -0.4 is 10.6 Å². The minimum absolute atomic E-state index is 0.0406. The Balaban J connectivity index is 1.52. The van der Waals surface area contributed by atoms with Crippen molar-refractivity contribution in [2.75, 3.05) is 6.54 Å². The monoisotopic (exact) mass is 341 g/mol. The van der Waals surface area contributed by atoms with Crippen molar-refractivity contribution in [3.8, 4) is 11.4 Å². The van der Waals surface area contributed by atoms with Crippen LogP contribution in [0.3, 0.4) is 0 Å². The molecule has 3 aromatic heterocycles. The van der Waals surface area contributed by atoms with Crippen LogP contribution in [0, 0.1) is 13.8 Å². The van der Waals surface area contributed by atoms with Gasteiger partial charge < -0.3 is 15.2 Å². The first-order valence-electron chi connectivity index (χ1n) is 8.28. The largest absolute Gasteiger partial charge is 0.346 e. The molecule has 0 bridgehead atoms. The van der Waals surface area contributed by atoms with Gasteiger partial charge >= 0.3 is 0 Å². The highest BCUT2D eigenvalue weighted by molar-refractivity contribution is 5.81. The van der Waals surface area contributed by atoms with Crippen LogP contribution in [0.15, 0.2) is 16.8 Å². The molecule has 1 unspecified atom stereocenters. The number of nitrogens with zero attached hydrogens (tertiary/aromatic N) is 5. The van der Waals surface area contributed by atoms with Crippen LogP contribution in [-0.2, 0) is 11.3 Å². The van der Waals surface area contributed by atoms with Gasteiger partial charge in [0.2, 0.25) is 17.6 Å². The predicted molar refractivity (Wildman–Crippen MR) is 88.6 cm³/mol. The summed E-state index contributed by atoms with van der Waals surface area (Å²) in [6.07, 6.45) is 3.54. The van der Waals surface area contributed by atoms with Crippen LogP contribution in [0.1, 0.15) is 30.1 Å². The highest BCUT2D eigenvalue weighted by atomic mass is 16.5. The first kappa shape index (κ1) is 15.7. The second-order valence-electron chi connectivity index (χ2n) is 6.21. The molecule has 130 valence electrons. The molecule has 1 amide bonds. The Hall–Kier alpha value is -2.81. The van der Waals surface area contributed by atoms with Gasteiger partial charge in [-0.05, 0) is 39.3 Å². The molecule has 1 atom stereocenters. The Bertz CT molecular complexity index is 924. The van der Waals surface area contributed by atoms with Crippen LogP contribution in [0.2, 0.25) is 0 Å². The summed E-state index contributed by atoms with van der Waals surface area (Å²) in [6.45, 7) is 4.97. The number of carbonyl (C=O) groups is 1. The summed E-state index contributed by atoms with van der Waals surface area (Å²) in [4.78, 5) is 20.9. The van der Waals surface area contributed by atoms with Gasteiger partial charge in [0.15, 0.2) is 5.65 Å². The number of aryl methyl sites for hydroxylation is 2. The van der Waals surface area contributed by atoms with E-state index in [2.05, 4.69) is 30.9 Å². The average molecular weight is 341 g/mol. The Labute approximate surface area is 143 Å². The zero-order chi connectivity index (χ0) is 17.4. The van der Waals surface area contributed by atoms with Gasteiger partial charge in [-0.1, -0.05) is 5.16 Å². The lowest BCUT2D eigenvalue weighted by Gasteiger charge is -2.08. The Morgan fingerprint density at radius 1 is 1.44 bits per heavy atom. The van der Waals surface area contributed by atoms with Gasteiger partial charge in [0.05, 0.1) is 24.3 Å². The first-order chi connectivity index (χ1) is 12.1. The maximum Gasteiger partial charge on any atom is 0.246 e. The van der Waals surface area contributed by atoms with Crippen molar-refractivity contribution in [3.05, 3.63) is 29.5 Å². The van der Waals surface area contributed by atoms with E-state index >= 15 is 0 Å². The second-order valence-corrected chi connectivity index (χ2v) is 6.21. The van der Waals surface area contributed by atoms with Crippen LogP contribution in [0.25, 0.3) is 17.0 Å². The molecule has 1 aliphatic rings. The Morgan fingerprint density at radius 2 is 2.32 bits per heavy atom. The summed E-state index contributed by atoms with van der Waals surface area (Å²) in [6, 6.07) is 1.83. The molecular formula is C16H19N7O2. The molecule has 1 saturated heterocycles. The lowest BCUT2D eigenvalue weighted by Crippen LogP contribution is -2.40. The van der Waals surface area contributed by atoms with E-state index in [4.69, 9.17) is 4.52 Å². The minimum Gasteiger partial charge on any atom is -0.346 e. The summed E-state index contributed by atoms with van der Waals surface area (Å²) in [5.74, 6) is 0.724. The highest BCUT2D eigenvalue weighted by Gasteiger charge is 2.22. The van der Waals surface area contributed by atoms with Crippen molar-refractivity contribution >= 4 is 11.6 Å². The third-order valence-electron chi connectivity index (χ3n) is 4.28. The van der Waals surface area contributed by atoms with Gasteiger partial charge in [-0.2, -0.15) is 10.1 Å². The van der Waals surface area contributed by atoms with Gasteiger partial charge in [-0.15, -0.1) is 0 Å².